The van der Waals surface area contributed by atoms with Crippen LogP contribution >= 0.6 is 12.4 Å². The number of aryl methyl sites for hydroxylation is 1. The topological polar surface area (TPSA) is 68.5 Å². The second-order valence-corrected chi connectivity index (χ2v) is 7.15. The zero-order chi connectivity index (χ0) is 20.4. The van der Waals surface area contributed by atoms with E-state index in [0.29, 0.717) is 19.6 Å². The van der Waals surface area contributed by atoms with E-state index in [1.54, 1.807) is 16.2 Å². The van der Waals surface area contributed by atoms with Crippen molar-refractivity contribution in [1.29, 1.82) is 0 Å². The minimum atomic E-state index is -0.147. The molecule has 1 aliphatic rings. The molecular weight excluding hydrogens is 404 g/mol. The Kier molecular flexibility index (Phi) is 6.84. The number of aromatic nitrogens is 2. The Labute approximate surface area is 181 Å². The van der Waals surface area contributed by atoms with Crippen LogP contribution in [0.4, 0.5) is 0 Å². The summed E-state index contributed by atoms with van der Waals surface area (Å²) < 4.78 is 8.81. The third-order valence-corrected chi connectivity index (χ3v) is 5.60. The van der Waals surface area contributed by atoms with E-state index in [1.807, 2.05) is 60.4 Å². The van der Waals surface area contributed by atoms with Crippen LogP contribution in [-0.2, 0) is 17.9 Å². The number of ether oxygens (including phenoxy) is 1. The van der Waals surface area contributed by atoms with Crippen molar-refractivity contribution in [2.24, 2.45) is 0 Å². The quantitative estimate of drug-likeness (QED) is 0.675. The number of carbonyl (C=O) groups excluding carboxylic acids is 1. The van der Waals surface area contributed by atoms with E-state index >= 15 is 0 Å². The van der Waals surface area contributed by atoms with Gasteiger partial charge in [-0.15, -0.1) is 12.4 Å². The van der Waals surface area contributed by atoms with Crippen LogP contribution in [0.25, 0.3) is 11.0 Å². The summed E-state index contributed by atoms with van der Waals surface area (Å²) >= 11 is 0. The number of halogens is 1. The SMILES string of the molecule is CCn1c(=O)n(CC(=O)N2CCNCC2c2ccccc2OC)c2ccccc21.Cl. The van der Waals surface area contributed by atoms with Crippen molar-refractivity contribution >= 4 is 29.3 Å². The second-order valence-electron chi connectivity index (χ2n) is 7.15. The molecule has 7 nitrogen and oxygen atoms in total. The van der Waals surface area contributed by atoms with Crippen molar-refractivity contribution in [1.82, 2.24) is 19.4 Å². The van der Waals surface area contributed by atoms with Crippen LogP contribution in [0.3, 0.4) is 0 Å². The molecule has 0 spiro atoms. The fraction of sp³-hybridized carbons (Fsp3) is 0.364. The van der Waals surface area contributed by atoms with Gasteiger partial charge in [-0.3, -0.25) is 13.9 Å². The first-order chi connectivity index (χ1) is 14.2. The van der Waals surface area contributed by atoms with Crippen molar-refractivity contribution in [2.45, 2.75) is 26.1 Å². The molecule has 2 heterocycles. The van der Waals surface area contributed by atoms with Gasteiger partial charge >= 0.3 is 5.69 Å². The molecule has 1 atom stereocenters. The Hall–Kier alpha value is -2.77. The van der Waals surface area contributed by atoms with Crippen LogP contribution in [0.5, 0.6) is 5.75 Å². The van der Waals surface area contributed by atoms with Gasteiger partial charge in [-0.2, -0.15) is 0 Å². The van der Waals surface area contributed by atoms with Crippen LogP contribution in [0, 0.1) is 0 Å². The number of para-hydroxylation sites is 3. The van der Waals surface area contributed by atoms with Gasteiger partial charge in [0.05, 0.1) is 24.2 Å². The molecule has 1 amide bonds. The summed E-state index contributed by atoms with van der Waals surface area (Å²) in [6.07, 6.45) is 0. The first kappa shape index (κ1) is 21.9. The minimum Gasteiger partial charge on any atom is -0.496 e. The Morgan fingerprint density at radius 3 is 2.47 bits per heavy atom. The number of piperazine rings is 1. The van der Waals surface area contributed by atoms with E-state index < -0.39 is 0 Å². The number of carbonyl (C=O) groups is 1. The van der Waals surface area contributed by atoms with Gasteiger partial charge in [0.15, 0.2) is 0 Å². The molecule has 8 heteroatoms. The highest BCUT2D eigenvalue weighted by Crippen LogP contribution is 2.30. The lowest BCUT2D eigenvalue weighted by molar-refractivity contribution is -0.135. The van der Waals surface area contributed by atoms with Crippen molar-refractivity contribution < 1.29 is 9.53 Å². The zero-order valence-electron chi connectivity index (χ0n) is 17.2. The standard InChI is InChI=1S/C22H26N4O3.ClH/c1-3-24-17-9-5-6-10-18(17)26(22(24)28)15-21(27)25-13-12-23-14-19(25)16-8-4-7-11-20(16)29-2;/h4-11,19,23H,3,12-15H2,1-2H3;1H. The van der Waals surface area contributed by atoms with E-state index in [4.69, 9.17) is 4.74 Å². The van der Waals surface area contributed by atoms with Gasteiger partial charge in [0.2, 0.25) is 5.91 Å². The molecule has 1 fully saturated rings. The summed E-state index contributed by atoms with van der Waals surface area (Å²) in [7, 11) is 1.64. The van der Waals surface area contributed by atoms with E-state index in [1.165, 1.54) is 0 Å². The van der Waals surface area contributed by atoms with Crippen molar-refractivity contribution in [2.75, 3.05) is 26.7 Å². The fourth-order valence-corrected chi connectivity index (χ4v) is 4.18. The van der Waals surface area contributed by atoms with Gasteiger partial charge in [-0.1, -0.05) is 30.3 Å². The Morgan fingerprint density at radius 2 is 1.77 bits per heavy atom. The monoisotopic (exact) mass is 430 g/mol. The predicted molar refractivity (Wildman–Crippen MR) is 119 cm³/mol. The van der Waals surface area contributed by atoms with Crippen molar-refractivity contribution in [3.63, 3.8) is 0 Å². The maximum Gasteiger partial charge on any atom is 0.329 e. The molecule has 2 aromatic carbocycles. The maximum atomic E-state index is 13.3. The van der Waals surface area contributed by atoms with Crippen LogP contribution in [0.2, 0.25) is 0 Å². The molecule has 1 saturated heterocycles. The van der Waals surface area contributed by atoms with Gasteiger partial charge in [-0.05, 0) is 25.1 Å². The highest BCUT2D eigenvalue weighted by Gasteiger charge is 2.30. The van der Waals surface area contributed by atoms with E-state index in [9.17, 15) is 9.59 Å². The van der Waals surface area contributed by atoms with Gasteiger partial charge in [0.1, 0.15) is 12.3 Å². The van der Waals surface area contributed by atoms with Gasteiger partial charge in [0.25, 0.3) is 0 Å². The van der Waals surface area contributed by atoms with Crippen LogP contribution in [0.1, 0.15) is 18.5 Å². The molecular formula is C22H27ClN4O3. The molecule has 0 saturated carbocycles. The number of nitrogens with one attached hydrogen (secondary N) is 1. The zero-order valence-corrected chi connectivity index (χ0v) is 18.0. The molecule has 1 aromatic heterocycles. The highest BCUT2D eigenvalue weighted by atomic mass is 35.5. The Bertz CT molecular complexity index is 1090. The summed E-state index contributed by atoms with van der Waals surface area (Å²) in [5.74, 6) is 0.697. The number of fused-ring (bicyclic) bond motifs is 1. The highest BCUT2D eigenvalue weighted by molar-refractivity contribution is 5.85. The number of imidazole rings is 1. The predicted octanol–water partition coefficient (Wildman–Crippen LogP) is 2.43. The smallest absolute Gasteiger partial charge is 0.329 e. The summed E-state index contributed by atoms with van der Waals surface area (Å²) in [6, 6.07) is 15.3. The summed E-state index contributed by atoms with van der Waals surface area (Å²) in [5.41, 5.74) is 2.47. The first-order valence-electron chi connectivity index (χ1n) is 9.96. The molecule has 1 unspecified atom stereocenters. The van der Waals surface area contributed by atoms with Gasteiger partial charge in [-0.25, -0.2) is 4.79 Å². The molecule has 4 rings (SSSR count). The first-order valence-corrected chi connectivity index (χ1v) is 9.96. The van der Waals surface area contributed by atoms with Crippen LogP contribution < -0.4 is 15.7 Å². The van der Waals surface area contributed by atoms with Crippen molar-refractivity contribution in [3.05, 3.63) is 64.6 Å². The lowest BCUT2D eigenvalue weighted by Gasteiger charge is -2.37. The molecule has 3 aromatic rings. The average Bonchev–Trinajstić information content (AvgIpc) is 3.04. The third kappa shape index (κ3) is 3.82. The summed E-state index contributed by atoms with van der Waals surface area (Å²) in [5, 5.41) is 3.37. The van der Waals surface area contributed by atoms with E-state index in [-0.39, 0.29) is 36.6 Å². The number of benzene rings is 2. The van der Waals surface area contributed by atoms with Gasteiger partial charge in [0, 0.05) is 31.7 Å². The molecule has 0 aliphatic carbocycles. The lowest BCUT2D eigenvalue weighted by Crippen LogP contribution is -2.50. The molecule has 160 valence electrons. The van der Waals surface area contributed by atoms with E-state index in [2.05, 4.69) is 5.32 Å². The number of hydrogen-bond donors (Lipinski definition) is 1. The van der Waals surface area contributed by atoms with Crippen LogP contribution in [-0.4, -0.2) is 46.7 Å². The number of nitrogens with zero attached hydrogens (tertiary/aromatic N) is 3. The average molecular weight is 431 g/mol. The normalized spacial score (nSPS) is 16.3. The molecule has 0 bridgehead atoms. The second kappa shape index (κ2) is 9.36. The minimum absolute atomic E-state index is 0. The van der Waals surface area contributed by atoms with Crippen molar-refractivity contribution in [3.8, 4) is 5.75 Å². The van der Waals surface area contributed by atoms with Gasteiger partial charge < -0.3 is 15.0 Å². The molecule has 30 heavy (non-hydrogen) atoms. The number of methoxy groups -OCH3 is 1. The van der Waals surface area contributed by atoms with Crippen LogP contribution in [0.15, 0.2) is 53.3 Å². The Balaban J connectivity index is 0.00000256. The Morgan fingerprint density at radius 1 is 1.10 bits per heavy atom. The summed E-state index contributed by atoms with van der Waals surface area (Å²) in [4.78, 5) is 28.1. The molecule has 0 radical (unpaired) electrons. The molecule has 1 aliphatic heterocycles. The molecule has 1 N–H and O–H groups in total. The maximum absolute atomic E-state index is 13.3. The third-order valence-electron chi connectivity index (χ3n) is 5.60. The number of hydrogen-bond acceptors (Lipinski definition) is 4. The fourth-order valence-electron chi connectivity index (χ4n) is 4.18. The number of amides is 1. The largest absolute Gasteiger partial charge is 0.496 e. The lowest BCUT2D eigenvalue weighted by atomic mass is 10.0. The number of rotatable bonds is 5. The summed E-state index contributed by atoms with van der Waals surface area (Å²) in [6.45, 7) is 4.49. The van der Waals surface area contributed by atoms with E-state index in [0.717, 1.165) is 28.9 Å².